The fourth-order valence-electron chi connectivity index (χ4n) is 2.68. The predicted octanol–water partition coefficient (Wildman–Crippen LogP) is 2.50. The van der Waals surface area contributed by atoms with Gasteiger partial charge in [0.15, 0.2) is 0 Å². The zero-order chi connectivity index (χ0) is 16.2. The van der Waals surface area contributed by atoms with Gasteiger partial charge in [0.2, 0.25) is 11.8 Å². The van der Waals surface area contributed by atoms with E-state index in [0.29, 0.717) is 18.8 Å². The zero-order valence-electron chi connectivity index (χ0n) is 12.5. The second-order valence-corrected chi connectivity index (χ2v) is 5.59. The molecule has 2 amide bonds. The third-order valence-corrected chi connectivity index (χ3v) is 3.94. The van der Waals surface area contributed by atoms with Crippen LogP contribution >= 0.6 is 0 Å². The molecule has 0 bridgehead atoms. The van der Waals surface area contributed by atoms with Crippen LogP contribution in [0.3, 0.4) is 0 Å². The van der Waals surface area contributed by atoms with Crippen molar-refractivity contribution >= 4 is 17.5 Å². The van der Waals surface area contributed by atoms with E-state index >= 15 is 0 Å². The SMILES string of the molecule is O=C(NCc1ccccc1)[C@@H]1CC(=O)N(c2ccc(F)cc2)C1. The van der Waals surface area contributed by atoms with E-state index in [1.807, 2.05) is 30.3 Å². The number of nitrogens with zero attached hydrogens (tertiary/aromatic N) is 1. The Morgan fingerprint density at radius 3 is 2.52 bits per heavy atom. The number of amides is 2. The Morgan fingerprint density at radius 1 is 1.13 bits per heavy atom. The largest absolute Gasteiger partial charge is 0.352 e. The summed E-state index contributed by atoms with van der Waals surface area (Å²) in [7, 11) is 0. The molecule has 1 fully saturated rings. The molecule has 23 heavy (non-hydrogen) atoms. The Morgan fingerprint density at radius 2 is 1.83 bits per heavy atom. The molecule has 5 heteroatoms. The van der Waals surface area contributed by atoms with Crippen molar-refractivity contribution in [1.82, 2.24) is 5.32 Å². The summed E-state index contributed by atoms with van der Waals surface area (Å²) in [6.45, 7) is 0.770. The van der Waals surface area contributed by atoms with Crippen molar-refractivity contribution in [3.05, 3.63) is 66.0 Å². The van der Waals surface area contributed by atoms with Crippen LogP contribution in [0, 0.1) is 11.7 Å². The molecule has 0 saturated carbocycles. The summed E-state index contributed by atoms with van der Waals surface area (Å²) < 4.78 is 13.0. The molecule has 1 heterocycles. The van der Waals surface area contributed by atoms with E-state index < -0.39 is 0 Å². The van der Waals surface area contributed by atoms with Gasteiger partial charge in [-0.2, -0.15) is 0 Å². The molecular weight excluding hydrogens is 295 g/mol. The molecule has 2 aromatic carbocycles. The Hall–Kier alpha value is -2.69. The van der Waals surface area contributed by atoms with Crippen LogP contribution in [0.2, 0.25) is 0 Å². The maximum Gasteiger partial charge on any atom is 0.227 e. The highest BCUT2D eigenvalue weighted by atomic mass is 19.1. The van der Waals surface area contributed by atoms with Crippen LogP contribution < -0.4 is 10.2 Å². The number of benzene rings is 2. The van der Waals surface area contributed by atoms with Gasteiger partial charge in [-0.15, -0.1) is 0 Å². The molecule has 118 valence electrons. The fraction of sp³-hybridized carbons (Fsp3) is 0.222. The number of hydrogen-bond donors (Lipinski definition) is 1. The topological polar surface area (TPSA) is 49.4 Å². The molecule has 1 aliphatic rings. The number of carbonyl (C=O) groups is 2. The van der Waals surface area contributed by atoms with Gasteiger partial charge in [0.05, 0.1) is 5.92 Å². The normalized spacial score (nSPS) is 17.3. The second-order valence-electron chi connectivity index (χ2n) is 5.59. The van der Waals surface area contributed by atoms with Crippen molar-refractivity contribution in [2.45, 2.75) is 13.0 Å². The number of hydrogen-bond acceptors (Lipinski definition) is 2. The zero-order valence-corrected chi connectivity index (χ0v) is 12.5. The Balaban J connectivity index is 1.60. The number of rotatable bonds is 4. The smallest absolute Gasteiger partial charge is 0.227 e. The van der Waals surface area contributed by atoms with Crippen LogP contribution in [0.1, 0.15) is 12.0 Å². The van der Waals surface area contributed by atoms with E-state index in [-0.39, 0.29) is 30.0 Å². The lowest BCUT2D eigenvalue weighted by Gasteiger charge is -2.16. The lowest BCUT2D eigenvalue weighted by molar-refractivity contribution is -0.126. The van der Waals surface area contributed by atoms with Crippen molar-refractivity contribution in [2.75, 3.05) is 11.4 Å². The van der Waals surface area contributed by atoms with Crippen molar-refractivity contribution in [3.63, 3.8) is 0 Å². The Bertz CT molecular complexity index is 701. The quantitative estimate of drug-likeness (QED) is 0.943. The van der Waals surface area contributed by atoms with Crippen molar-refractivity contribution in [1.29, 1.82) is 0 Å². The molecule has 4 nitrogen and oxygen atoms in total. The molecular formula is C18H17FN2O2. The highest BCUT2D eigenvalue weighted by molar-refractivity contribution is 6.00. The number of halogens is 1. The lowest BCUT2D eigenvalue weighted by atomic mass is 10.1. The van der Waals surface area contributed by atoms with Gasteiger partial charge >= 0.3 is 0 Å². The van der Waals surface area contributed by atoms with Crippen LogP contribution in [-0.4, -0.2) is 18.4 Å². The summed E-state index contributed by atoms with van der Waals surface area (Å²) in [5, 5.41) is 2.86. The first kappa shape index (κ1) is 15.2. The second kappa shape index (κ2) is 6.60. The average Bonchev–Trinajstić information content (AvgIpc) is 2.96. The molecule has 0 aromatic heterocycles. The standard InChI is InChI=1S/C18H17FN2O2/c19-15-6-8-16(9-7-15)21-12-14(10-17(21)22)18(23)20-11-13-4-2-1-3-5-13/h1-9,14H,10-12H2,(H,20,23)/t14-/m1/s1. The van der Waals surface area contributed by atoms with E-state index in [2.05, 4.69) is 5.32 Å². The third-order valence-electron chi connectivity index (χ3n) is 3.94. The molecule has 2 aromatic rings. The van der Waals surface area contributed by atoms with Crippen molar-refractivity contribution < 1.29 is 14.0 Å². The van der Waals surface area contributed by atoms with Crippen LogP contribution in [-0.2, 0) is 16.1 Å². The van der Waals surface area contributed by atoms with Gasteiger partial charge in [0, 0.05) is 25.2 Å². The third kappa shape index (κ3) is 3.56. The summed E-state index contributed by atoms with van der Waals surface area (Å²) in [5.41, 5.74) is 1.63. The molecule has 0 radical (unpaired) electrons. The monoisotopic (exact) mass is 312 g/mol. The molecule has 1 aliphatic heterocycles. The summed E-state index contributed by atoms with van der Waals surface area (Å²) in [6.07, 6.45) is 0.179. The van der Waals surface area contributed by atoms with Gasteiger partial charge in [-0.3, -0.25) is 9.59 Å². The van der Waals surface area contributed by atoms with E-state index in [1.165, 1.54) is 17.0 Å². The van der Waals surface area contributed by atoms with E-state index in [1.54, 1.807) is 12.1 Å². The molecule has 0 unspecified atom stereocenters. The fourth-order valence-corrected chi connectivity index (χ4v) is 2.68. The first-order chi connectivity index (χ1) is 11.1. The predicted molar refractivity (Wildman–Crippen MR) is 85.1 cm³/mol. The molecule has 1 saturated heterocycles. The van der Waals surface area contributed by atoms with Gasteiger partial charge in [-0.1, -0.05) is 30.3 Å². The first-order valence-corrected chi connectivity index (χ1v) is 7.51. The maximum atomic E-state index is 13.0. The van der Waals surface area contributed by atoms with Gasteiger partial charge in [-0.25, -0.2) is 4.39 Å². The molecule has 1 N–H and O–H groups in total. The van der Waals surface area contributed by atoms with E-state index in [4.69, 9.17) is 0 Å². The number of nitrogens with one attached hydrogen (secondary N) is 1. The molecule has 0 spiro atoms. The van der Waals surface area contributed by atoms with E-state index in [9.17, 15) is 14.0 Å². The van der Waals surface area contributed by atoms with Crippen molar-refractivity contribution in [2.24, 2.45) is 5.92 Å². The minimum atomic E-state index is -0.378. The highest BCUT2D eigenvalue weighted by Crippen LogP contribution is 2.25. The van der Waals surface area contributed by atoms with Crippen LogP contribution in [0.5, 0.6) is 0 Å². The van der Waals surface area contributed by atoms with E-state index in [0.717, 1.165) is 5.56 Å². The van der Waals surface area contributed by atoms with Crippen LogP contribution in [0.25, 0.3) is 0 Å². The summed E-state index contributed by atoms with van der Waals surface area (Å²) >= 11 is 0. The van der Waals surface area contributed by atoms with Crippen molar-refractivity contribution in [3.8, 4) is 0 Å². The average molecular weight is 312 g/mol. The lowest BCUT2D eigenvalue weighted by Crippen LogP contribution is -2.32. The summed E-state index contributed by atoms with van der Waals surface area (Å²) in [5.74, 6) is -0.975. The number of carbonyl (C=O) groups excluding carboxylic acids is 2. The van der Waals surface area contributed by atoms with Crippen LogP contribution in [0.4, 0.5) is 10.1 Å². The van der Waals surface area contributed by atoms with Crippen LogP contribution in [0.15, 0.2) is 54.6 Å². The minimum Gasteiger partial charge on any atom is -0.352 e. The molecule has 3 rings (SSSR count). The number of anilines is 1. The Labute approximate surface area is 133 Å². The molecule has 1 atom stereocenters. The van der Waals surface area contributed by atoms with Gasteiger partial charge < -0.3 is 10.2 Å². The first-order valence-electron chi connectivity index (χ1n) is 7.51. The summed E-state index contributed by atoms with van der Waals surface area (Å²) in [4.78, 5) is 25.9. The highest BCUT2D eigenvalue weighted by Gasteiger charge is 2.34. The maximum absolute atomic E-state index is 13.0. The Kier molecular flexibility index (Phi) is 4.37. The summed E-state index contributed by atoms with van der Waals surface area (Å²) in [6, 6.07) is 15.3. The van der Waals surface area contributed by atoms with Gasteiger partial charge in [0.25, 0.3) is 0 Å². The van der Waals surface area contributed by atoms with Gasteiger partial charge in [-0.05, 0) is 29.8 Å². The van der Waals surface area contributed by atoms with Gasteiger partial charge in [0.1, 0.15) is 5.82 Å². The molecule has 0 aliphatic carbocycles. The minimum absolute atomic E-state index is 0.114.